The van der Waals surface area contributed by atoms with E-state index in [4.69, 9.17) is 0 Å². The molecule has 120 valence electrons. The van der Waals surface area contributed by atoms with E-state index < -0.39 is 0 Å². The quantitative estimate of drug-likeness (QED) is 0.639. The molecule has 1 aliphatic rings. The van der Waals surface area contributed by atoms with Crippen LogP contribution in [-0.4, -0.2) is 49.1 Å². The maximum atomic E-state index is 12.2. The number of hydrogen-bond acceptors (Lipinski definition) is 3. The first-order valence-corrected chi connectivity index (χ1v) is 8.07. The monoisotopic (exact) mass is 293 g/mol. The Morgan fingerprint density at radius 2 is 2.00 bits per heavy atom. The molecule has 0 aliphatic carbocycles. The second-order valence-corrected chi connectivity index (χ2v) is 6.09. The number of amides is 1. The van der Waals surface area contributed by atoms with E-state index in [2.05, 4.69) is 42.5 Å². The van der Waals surface area contributed by atoms with Crippen molar-refractivity contribution in [2.45, 2.75) is 45.2 Å². The van der Waals surface area contributed by atoms with E-state index in [0.717, 1.165) is 32.5 Å². The molecule has 1 amide bonds. The second-order valence-electron chi connectivity index (χ2n) is 6.09. The Kier molecular flexibility index (Phi) is 8.31. The maximum Gasteiger partial charge on any atom is 0.237 e. The molecular formula is C17H31N3O. The summed E-state index contributed by atoms with van der Waals surface area (Å²) in [6.07, 6.45) is 7.07. The van der Waals surface area contributed by atoms with Gasteiger partial charge in [0.25, 0.3) is 0 Å². The predicted octanol–water partition coefficient (Wildman–Crippen LogP) is 1.94. The molecule has 0 aromatic heterocycles. The van der Waals surface area contributed by atoms with Gasteiger partial charge in [-0.3, -0.25) is 9.69 Å². The molecule has 2 atom stereocenters. The van der Waals surface area contributed by atoms with Gasteiger partial charge in [0.15, 0.2) is 0 Å². The van der Waals surface area contributed by atoms with E-state index in [1.54, 1.807) is 0 Å². The largest absolute Gasteiger partial charge is 0.353 e. The van der Waals surface area contributed by atoms with Crippen molar-refractivity contribution in [1.82, 2.24) is 15.5 Å². The third kappa shape index (κ3) is 6.02. The zero-order chi connectivity index (χ0) is 15.7. The van der Waals surface area contributed by atoms with E-state index in [1.807, 2.05) is 12.2 Å². The van der Waals surface area contributed by atoms with Crippen LogP contribution in [0.1, 0.15) is 33.1 Å². The fraction of sp³-hybridized carbons (Fsp3) is 0.706. The van der Waals surface area contributed by atoms with Crippen LogP contribution in [-0.2, 0) is 4.79 Å². The molecule has 1 aliphatic heterocycles. The van der Waals surface area contributed by atoms with Crippen molar-refractivity contribution in [3.05, 3.63) is 25.3 Å². The molecular weight excluding hydrogens is 262 g/mol. The Labute approximate surface area is 129 Å². The molecule has 1 saturated heterocycles. The molecule has 0 radical (unpaired) electrons. The van der Waals surface area contributed by atoms with Gasteiger partial charge < -0.3 is 10.6 Å². The Bertz CT molecular complexity index is 325. The summed E-state index contributed by atoms with van der Waals surface area (Å²) < 4.78 is 0. The number of piperidine rings is 1. The lowest BCUT2D eigenvalue weighted by Crippen LogP contribution is -2.52. The lowest BCUT2D eigenvalue weighted by Gasteiger charge is -2.33. The molecule has 2 N–H and O–H groups in total. The lowest BCUT2D eigenvalue weighted by atomic mass is 10.0. The van der Waals surface area contributed by atoms with Gasteiger partial charge in [0.2, 0.25) is 5.91 Å². The van der Waals surface area contributed by atoms with Gasteiger partial charge >= 0.3 is 0 Å². The average Bonchev–Trinajstić information content (AvgIpc) is 2.48. The molecule has 4 nitrogen and oxygen atoms in total. The number of rotatable bonds is 9. The van der Waals surface area contributed by atoms with Crippen LogP contribution in [0.2, 0.25) is 0 Å². The molecule has 21 heavy (non-hydrogen) atoms. The van der Waals surface area contributed by atoms with Gasteiger partial charge in [-0.25, -0.2) is 0 Å². The number of nitrogens with one attached hydrogen (secondary N) is 2. The Morgan fingerprint density at radius 1 is 1.33 bits per heavy atom. The van der Waals surface area contributed by atoms with Crippen LogP contribution in [0.15, 0.2) is 25.3 Å². The van der Waals surface area contributed by atoms with Gasteiger partial charge in [0.1, 0.15) is 0 Å². The summed E-state index contributed by atoms with van der Waals surface area (Å²) in [5.41, 5.74) is 0. The summed E-state index contributed by atoms with van der Waals surface area (Å²) in [4.78, 5) is 14.5. The molecule has 1 rings (SSSR count). The van der Waals surface area contributed by atoms with Crippen molar-refractivity contribution in [3.63, 3.8) is 0 Å². The van der Waals surface area contributed by atoms with Crippen LogP contribution in [0, 0.1) is 5.92 Å². The van der Waals surface area contributed by atoms with Gasteiger partial charge in [-0.1, -0.05) is 32.4 Å². The van der Waals surface area contributed by atoms with Crippen LogP contribution in [0.4, 0.5) is 0 Å². The second kappa shape index (κ2) is 9.74. The van der Waals surface area contributed by atoms with Crippen LogP contribution < -0.4 is 10.6 Å². The fourth-order valence-corrected chi connectivity index (χ4v) is 2.87. The summed E-state index contributed by atoms with van der Waals surface area (Å²) in [6.45, 7) is 15.3. The molecule has 0 saturated carbocycles. The standard InChI is InChI=1S/C17H31N3O/c1-5-11-20(12-6-2)16(14(3)4)13-19-17(21)15-9-7-8-10-18-15/h5-6,14-16,18H,1-2,7-13H2,3-4H3,(H,19,21)/t15-,16?/m1/s1. The third-order valence-electron chi connectivity index (χ3n) is 4.08. The number of hydrogen-bond donors (Lipinski definition) is 2. The van der Waals surface area contributed by atoms with Gasteiger partial charge in [-0.2, -0.15) is 0 Å². The SMILES string of the molecule is C=CCN(CC=C)C(CNC(=O)[C@H]1CCCCN1)C(C)C. The first-order valence-electron chi connectivity index (χ1n) is 8.07. The van der Waals surface area contributed by atoms with Crippen LogP contribution >= 0.6 is 0 Å². The van der Waals surface area contributed by atoms with Crippen molar-refractivity contribution in [2.24, 2.45) is 5.92 Å². The molecule has 0 aromatic rings. The minimum absolute atomic E-state index is 0.0150. The van der Waals surface area contributed by atoms with Crippen molar-refractivity contribution in [3.8, 4) is 0 Å². The van der Waals surface area contributed by atoms with Crippen molar-refractivity contribution in [1.29, 1.82) is 0 Å². The normalized spacial score (nSPS) is 20.3. The number of carbonyl (C=O) groups is 1. The van der Waals surface area contributed by atoms with Crippen LogP contribution in [0.25, 0.3) is 0 Å². The Hall–Kier alpha value is -1.13. The van der Waals surface area contributed by atoms with Crippen molar-refractivity contribution < 1.29 is 4.79 Å². The van der Waals surface area contributed by atoms with Crippen LogP contribution in [0.5, 0.6) is 0 Å². The number of carbonyl (C=O) groups excluding carboxylic acids is 1. The summed E-state index contributed by atoms with van der Waals surface area (Å²) in [5, 5.41) is 6.41. The topological polar surface area (TPSA) is 44.4 Å². The highest BCUT2D eigenvalue weighted by Crippen LogP contribution is 2.11. The molecule has 1 unspecified atom stereocenters. The smallest absolute Gasteiger partial charge is 0.237 e. The highest BCUT2D eigenvalue weighted by molar-refractivity contribution is 5.81. The Morgan fingerprint density at radius 3 is 2.48 bits per heavy atom. The summed E-state index contributed by atoms with van der Waals surface area (Å²) in [5.74, 6) is 0.599. The fourth-order valence-electron chi connectivity index (χ4n) is 2.87. The highest BCUT2D eigenvalue weighted by atomic mass is 16.2. The van der Waals surface area contributed by atoms with E-state index >= 15 is 0 Å². The minimum atomic E-state index is -0.0150. The molecule has 0 spiro atoms. The van der Waals surface area contributed by atoms with Gasteiger partial charge in [-0.15, -0.1) is 13.2 Å². The molecule has 1 fully saturated rings. The third-order valence-corrected chi connectivity index (χ3v) is 4.08. The average molecular weight is 293 g/mol. The lowest BCUT2D eigenvalue weighted by molar-refractivity contribution is -0.124. The van der Waals surface area contributed by atoms with Gasteiger partial charge in [0, 0.05) is 25.7 Å². The minimum Gasteiger partial charge on any atom is -0.353 e. The van der Waals surface area contributed by atoms with Crippen molar-refractivity contribution >= 4 is 5.91 Å². The molecule has 1 heterocycles. The van der Waals surface area contributed by atoms with Gasteiger partial charge in [-0.05, 0) is 25.3 Å². The summed E-state index contributed by atoms with van der Waals surface area (Å²) >= 11 is 0. The van der Waals surface area contributed by atoms with E-state index in [0.29, 0.717) is 18.5 Å². The molecule has 0 aromatic carbocycles. The van der Waals surface area contributed by atoms with Crippen LogP contribution in [0.3, 0.4) is 0 Å². The van der Waals surface area contributed by atoms with Gasteiger partial charge in [0.05, 0.1) is 6.04 Å². The first-order chi connectivity index (χ1) is 10.1. The molecule has 4 heteroatoms. The first kappa shape index (κ1) is 17.9. The molecule has 0 bridgehead atoms. The number of nitrogens with zero attached hydrogens (tertiary/aromatic N) is 1. The summed E-state index contributed by atoms with van der Waals surface area (Å²) in [7, 11) is 0. The zero-order valence-corrected chi connectivity index (χ0v) is 13.6. The Balaban J connectivity index is 2.54. The maximum absolute atomic E-state index is 12.2. The van der Waals surface area contributed by atoms with E-state index in [1.165, 1.54) is 6.42 Å². The van der Waals surface area contributed by atoms with E-state index in [9.17, 15) is 4.79 Å². The predicted molar refractivity (Wildman–Crippen MR) is 89.2 cm³/mol. The van der Waals surface area contributed by atoms with Crippen molar-refractivity contribution in [2.75, 3.05) is 26.2 Å². The zero-order valence-electron chi connectivity index (χ0n) is 13.6. The van der Waals surface area contributed by atoms with E-state index in [-0.39, 0.29) is 11.9 Å². The summed E-state index contributed by atoms with van der Waals surface area (Å²) in [6, 6.07) is 0.285. The highest BCUT2D eigenvalue weighted by Gasteiger charge is 2.24.